The van der Waals surface area contributed by atoms with Crippen LogP contribution < -0.4 is 10.9 Å². The van der Waals surface area contributed by atoms with Crippen LogP contribution in [0.25, 0.3) is 0 Å². The minimum Gasteiger partial charge on any atom is -0.382 e. The van der Waals surface area contributed by atoms with Crippen molar-refractivity contribution in [3.05, 3.63) is 39.0 Å². The molecule has 0 aromatic carbocycles. The van der Waals surface area contributed by atoms with Gasteiger partial charge in [0.1, 0.15) is 4.47 Å². The fraction of sp³-hybridized carbons (Fsp3) is 0.500. The molecule has 2 aromatic heterocycles. The highest BCUT2D eigenvalue weighted by atomic mass is 79.9. The smallest absolute Gasteiger partial charge is 0.283 e. The molecule has 1 N–H and O–H groups in total. The Balaban J connectivity index is 1.97. The highest BCUT2D eigenvalue weighted by molar-refractivity contribution is 9.10. The van der Waals surface area contributed by atoms with E-state index in [1.54, 1.807) is 10.9 Å². The molecule has 0 aliphatic carbocycles. The molecule has 0 saturated carbocycles. The predicted octanol–water partition coefficient (Wildman–Crippen LogP) is 2.19. The summed E-state index contributed by atoms with van der Waals surface area (Å²) in [5.41, 5.74) is 1.80. The van der Waals surface area contributed by atoms with E-state index >= 15 is 0 Å². The standard InChI is InChI=1S/C14H20BrN5O/c1-3-4-7-20-14(21)13(15)12(9-18-20)16-6-5-11-8-17-19(2)10-11/h8-10,16H,3-7H2,1-2H3. The molecule has 2 rings (SSSR count). The first-order valence-electron chi connectivity index (χ1n) is 7.08. The Morgan fingerprint density at radius 3 is 2.81 bits per heavy atom. The molecule has 0 fully saturated rings. The quantitative estimate of drug-likeness (QED) is 0.828. The molecule has 0 bridgehead atoms. The number of hydrogen-bond acceptors (Lipinski definition) is 4. The molecular weight excluding hydrogens is 334 g/mol. The van der Waals surface area contributed by atoms with Gasteiger partial charge in [0.15, 0.2) is 0 Å². The van der Waals surface area contributed by atoms with Gasteiger partial charge in [-0.3, -0.25) is 9.48 Å². The van der Waals surface area contributed by atoms with Gasteiger partial charge in [0.05, 0.1) is 18.1 Å². The highest BCUT2D eigenvalue weighted by Crippen LogP contribution is 2.16. The van der Waals surface area contributed by atoms with Crippen molar-refractivity contribution >= 4 is 21.6 Å². The lowest BCUT2D eigenvalue weighted by Gasteiger charge is -2.09. The van der Waals surface area contributed by atoms with Crippen molar-refractivity contribution in [2.75, 3.05) is 11.9 Å². The average molecular weight is 354 g/mol. The van der Waals surface area contributed by atoms with Crippen molar-refractivity contribution in [1.29, 1.82) is 0 Å². The van der Waals surface area contributed by atoms with Crippen molar-refractivity contribution in [3.8, 4) is 0 Å². The van der Waals surface area contributed by atoms with Crippen LogP contribution in [0.15, 0.2) is 27.9 Å². The SMILES string of the molecule is CCCCn1ncc(NCCc2cnn(C)c2)c(Br)c1=O. The second kappa shape index (κ2) is 7.40. The van der Waals surface area contributed by atoms with Gasteiger partial charge in [-0.1, -0.05) is 13.3 Å². The first kappa shape index (κ1) is 15.8. The fourth-order valence-electron chi connectivity index (χ4n) is 2.00. The lowest BCUT2D eigenvalue weighted by Crippen LogP contribution is -2.24. The normalized spacial score (nSPS) is 10.8. The van der Waals surface area contributed by atoms with Gasteiger partial charge in [-0.2, -0.15) is 10.2 Å². The molecule has 0 aliphatic rings. The monoisotopic (exact) mass is 353 g/mol. The van der Waals surface area contributed by atoms with Crippen molar-refractivity contribution < 1.29 is 0 Å². The van der Waals surface area contributed by atoms with Gasteiger partial charge in [-0.25, -0.2) is 4.68 Å². The van der Waals surface area contributed by atoms with Gasteiger partial charge in [0, 0.05) is 26.3 Å². The summed E-state index contributed by atoms with van der Waals surface area (Å²) >= 11 is 3.36. The van der Waals surface area contributed by atoms with Crippen LogP contribution >= 0.6 is 15.9 Å². The van der Waals surface area contributed by atoms with Gasteiger partial charge in [-0.05, 0) is 34.3 Å². The van der Waals surface area contributed by atoms with Gasteiger partial charge in [-0.15, -0.1) is 0 Å². The molecule has 0 spiro atoms. The van der Waals surface area contributed by atoms with E-state index in [0.717, 1.165) is 37.1 Å². The molecular formula is C14H20BrN5O. The van der Waals surface area contributed by atoms with Crippen LogP contribution in [0.3, 0.4) is 0 Å². The van der Waals surface area contributed by atoms with Gasteiger partial charge >= 0.3 is 0 Å². The zero-order valence-electron chi connectivity index (χ0n) is 12.3. The molecule has 0 aliphatic heterocycles. The second-order valence-electron chi connectivity index (χ2n) is 4.95. The van der Waals surface area contributed by atoms with Crippen LogP contribution in [-0.4, -0.2) is 26.1 Å². The molecule has 114 valence electrons. The van der Waals surface area contributed by atoms with E-state index in [4.69, 9.17) is 0 Å². The van der Waals surface area contributed by atoms with E-state index in [-0.39, 0.29) is 5.56 Å². The molecule has 0 atom stereocenters. The summed E-state index contributed by atoms with van der Waals surface area (Å²) in [6.07, 6.45) is 8.36. The average Bonchev–Trinajstić information content (AvgIpc) is 2.88. The van der Waals surface area contributed by atoms with Crippen LogP contribution in [0.4, 0.5) is 5.69 Å². The summed E-state index contributed by atoms with van der Waals surface area (Å²) in [4.78, 5) is 12.1. The molecule has 7 heteroatoms. The maximum atomic E-state index is 12.1. The number of anilines is 1. The summed E-state index contributed by atoms with van der Waals surface area (Å²) in [6, 6.07) is 0. The number of halogens is 1. The molecule has 0 unspecified atom stereocenters. The van der Waals surface area contributed by atoms with Crippen LogP contribution in [0.1, 0.15) is 25.3 Å². The summed E-state index contributed by atoms with van der Waals surface area (Å²) in [5, 5.41) is 11.6. The largest absolute Gasteiger partial charge is 0.382 e. The van der Waals surface area contributed by atoms with Crippen molar-refractivity contribution in [3.63, 3.8) is 0 Å². The first-order chi connectivity index (χ1) is 10.1. The lowest BCUT2D eigenvalue weighted by molar-refractivity contribution is 0.541. The molecule has 2 aromatic rings. The number of aromatic nitrogens is 4. The maximum Gasteiger partial charge on any atom is 0.283 e. The Bertz CT molecular complexity index is 649. The number of nitrogens with one attached hydrogen (secondary N) is 1. The highest BCUT2D eigenvalue weighted by Gasteiger charge is 2.08. The number of nitrogens with zero attached hydrogens (tertiary/aromatic N) is 4. The summed E-state index contributed by atoms with van der Waals surface area (Å²) in [7, 11) is 1.90. The van der Waals surface area contributed by atoms with E-state index in [1.807, 2.05) is 19.4 Å². The Morgan fingerprint density at radius 1 is 1.33 bits per heavy atom. The first-order valence-corrected chi connectivity index (χ1v) is 7.88. The minimum absolute atomic E-state index is 0.0881. The van der Waals surface area contributed by atoms with Crippen LogP contribution in [0, 0.1) is 0 Å². The molecule has 2 heterocycles. The van der Waals surface area contributed by atoms with E-state index in [9.17, 15) is 4.79 Å². The van der Waals surface area contributed by atoms with E-state index in [0.29, 0.717) is 11.0 Å². The third-order valence-corrected chi connectivity index (χ3v) is 3.96. The fourth-order valence-corrected chi connectivity index (χ4v) is 2.45. The van der Waals surface area contributed by atoms with E-state index < -0.39 is 0 Å². The van der Waals surface area contributed by atoms with Crippen molar-refractivity contribution in [2.24, 2.45) is 7.05 Å². The van der Waals surface area contributed by atoms with Crippen LogP contribution in [0.5, 0.6) is 0 Å². The Labute approximate surface area is 132 Å². The van der Waals surface area contributed by atoms with Crippen LogP contribution in [0.2, 0.25) is 0 Å². The summed E-state index contributed by atoms with van der Waals surface area (Å²) in [5.74, 6) is 0. The number of hydrogen-bond donors (Lipinski definition) is 1. The second-order valence-corrected chi connectivity index (χ2v) is 5.75. The van der Waals surface area contributed by atoms with Crippen molar-refractivity contribution in [2.45, 2.75) is 32.7 Å². The number of rotatable bonds is 7. The van der Waals surface area contributed by atoms with E-state index in [1.165, 1.54) is 4.68 Å². The summed E-state index contributed by atoms with van der Waals surface area (Å²) < 4.78 is 3.82. The summed E-state index contributed by atoms with van der Waals surface area (Å²) in [6.45, 7) is 3.47. The Kier molecular flexibility index (Phi) is 5.55. The van der Waals surface area contributed by atoms with Gasteiger partial charge in [0.25, 0.3) is 5.56 Å². The molecule has 6 nitrogen and oxygen atoms in total. The molecule has 0 saturated heterocycles. The van der Waals surface area contributed by atoms with Gasteiger partial charge < -0.3 is 5.32 Å². The zero-order chi connectivity index (χ0) is 15.2. The third-order valence-electron chi connectivity index (χ3n) is 3.20. The van der Waals surface area contributed by atoms with Crippen LogP contribution in [-0.2, 0) is 20.0 Å². The zero-order valence-corrected chi connectivity index (χ0v) is 13.9. The predicted molar refractivity (Wildman–Crippen MR) is 86.5 cm³/mol. The third kappa shape index (κ3) is 4.17. The Morgan fingerprint density at radius 2 is 2.14 bits per heavy atom. The number of aryl methyl sites for hydroxylation is 2. The van der Waals surface area contributed by atoms with Gasteiger partial charge in [0.2, 0.25) is 0 Å². The lowest BCUT2D eigenvalue weighted by atomic mass is 10.2. The molecule has 21 heavy (non-hydrogen) atoms. The Hall–Kier alpha value is -1.63. The maximum absolute atomic E-state index is 12.1. The number of unbranched alkanes of at least 4 members (excludes halogenated alkanes) is 1. The van der Waals surface area contributed by atoms with E-state index in [2.05, 4.69) is 38.4 Å². The molecule has 0 radical (unpaired) electrons. The minimum atomic E-state index is -0.0881. The topological polar surface area (TPSA) is 64.7 Å². The molecule has 0 amide bonds. The van der Waals surface area contributed by atoms with Crippen molar-refractivity contribution in [1.82, 2.24) is 19.6 Å².